The van der Waals surface area contributed by atoms with Crippen LogP contribution in [0.1, 0.15) is 5.56 Å². The van der Waals surface area contributed by atoms with Gasteiger partial charge in [0.1, 0.15) is 29.8 Å². The van der Waals surface area contributed by atoms with Crippen LogP contribution in [0.5, 0.6) is 5.75 Å². The number of nitrogens with zero attached hydrogens (tertiary/aromatic N) is 3. The van der Waals surface area contributed by atoms with E-state index in [1.807, 2.05) is 11.0 Å². The maximum absolute atomic E-state index is 14.0. The van der Waals surface area contributed by atoms with E-state index in [2.05, 4.69) is 5.92 Å². The van der Waals surface area contributed by atoms with Crippen molar-refractivity contribution in [1.82, 2.24) is 4.90 Å². The van der Waals surface area contributed by atoms with Gasteiger partial charge in [0.2, 0.25) is 0 Å². The summed E-state index contributed by atoms with van der Waals surface area (Å²) in [7, 11) is 0. The number of carbonyl (C=O) groups excluding carboxylic acids is 1. The van der Waals surface area contributed by atoms with Crippen molar-refractivity contribution in [2.75, 3.05) is 37.7 Å². The second kappa shape index (κ2) is 9.43. The molecule has 0 bridgehead atoms. The number of piperazine rings is 1. The highest BCUT2D eigenvalue weighted by Gasteiger charge is 2.25. The van der Waals surface area contributed by atoms with Crippen molar-refractivity contribution < 1.29 is 13.9 Å². The molecule has 3 rings (SSSR count). The first kappa shape index (κ1) is 20.0. The van der Waals surface area contributed by atoms with E-state index < -0.39 is 0 Å². The van der Waals surface area contributed by atoms with Crippen molar-refractivity contribution in [2.24, 2.45) is 0 Å². The van der Waals surface area contributed by atoms with Gasteiger partial charge in [0.05, 0.1) is 5.69 Å². The van der Waals surface area contributed by atoms with Crippen LogP contribution >= 0.6 is 0 Å². The molecular weight excluding hydrogens is 369 g/mol. The molecule has 1 fully saturated rings. The zero-order valence-corrected chi connectivity index (χ0v) is 15.8. The van der Waals surface area contributed by atoms with E-state index in [1.165, 1.54) is 12.1 Å². The molecule has 0 aromatic heterocycles. The van der Waals surface area contributed by atoms with Crippen LogP contribution in [-0.4, -0.2) is 43.6 Å². The van der Waals surface area contributed by atoms with Gasteiger partial charge in [-0.3, -0.25) is 4.79 Å². The number of hydrogen-bond acceptors (Lipinski definition) is 4. The molecule has 5 nitrogen and oxygen atoms in total. The summed E-state index contributed by atoms with van der Waals surface area (Å²) in [6.07, 6.45) is 6.74. The van der Waals surface area contributed by atoms with Crippen molar-refractivity contribution in [3.8, 4) is 24.2 Å². The Balaban J connectivity index is 1.72. The summed E-state index contributed by atoms with van der Waals surface area (Å²) in [4.78, 5) is 16.3. The molecule has 2 aromatic rings. The molecule has 1 heterocycles. The van der Waals surface area contributed by atoms with Crippen molar-refractivity contribution >= 4 is 17.7 Å². The number of halogens is 1. The summed E-state index contributed by atoms with van der Waals surface area (Å²) in [6.45, 7) is 1.89. The highest BCUT2D eigenvalue weighted by Crippen LogP contribution is 2.23. The van der Waals surface area contributed by atoms with Gasteiger partial charge in [-0.05, 0) is 24.3 Å². The minimum Gasteiger partial charge on any atom is -0.480 e. The summed E-state index contributed by atoms with van der Waals surface area (Å²) in [6, 6.07) is 15.6. The molecule has 0 radical (unpaired) electrons. The molecule has 2 aromatic carbocycles. The van der Waals surface area contributed by atoms with Crippen LogP contribution < -0.4 is 9.64 Å². The number of rotatable bonds is 5. The van der Waals surface area contributed by atoms with Gasteiger partial charge in [0, 0.05) is 31.7 Å². The number of benzene rings is 2. The molecule has 1 amide bonds. The minimum absolute atomic E-state index is 0.0149. The van der Waals surface area contributed by atoms with E-state index in [0.29, 0.717) is 43.2 Å². The van der Waals surface area contributed by atoms with E-state index in [-0.39, 0.29) is 23.9 Å². The number of amides is 1. The van der Waals surface area contributed by atoms with Gasteiger partial charge in [0.25, 0.3) is 5.91 Å². The summed E-state index contributed by atoms with van der Waals surface area (Å²) in [5, 5.41) is 9.52. The molecular formula is C23H20FN3O2. The first-order valence-electron chi connectivity index (χ1n) is 9.20. The highest BCUT2D eigenvalue weighted by atomic mass is 19.1. The Bertz CT molecular complexity index is 996. The van der Waals surface area contributed by atoms with Gasteiger partial charge in [-0.1, -0.05) is 36.3 Å². The number of nitriles is 1. The first-order chi connectivity index (χ1) is 14.1. The fourth-order valence-corrected chi connectivity index (χ4v) is 3.18. The first-order valence-corrected chi connectivity index (χ1v) is 9.20. The molecule has 0 aliphatic carbocycles. The molecule has 0 atom stereocenters. The van der Waals surface area contributed by atoms with Gasteiger partial charge in [-0.15, -0.1) is 6.42 Å². The van der Waals surface area contributed by atoms with Crippen LogP contribution in [0.2, 0.25) is 0 Å². The average molecular weight is 389 g/mol. The van der Waals surface area contributed by atoms with Gasteiger partial charge in [-0.25, -0.2) is 4.39 Å². The summed E-state index contributed by atoms with van der Waals surface area (Å²) in [5.41, 5.74) is 1.15. The van der Waals surface area contributed by atoms with E-state index in [9.17, 15) is 14.4 Å². The lowest BCUT2D eigenvalue weighted by molar-refractivity contribution is -0.126. The van der Waals surface area contributed by atoms with Crippen LogP contribution in [0.15, 0.2) is 54.1 Å². The van der Waals surface area contributed by atoms with Gasteiger partial charge < -0.3 is 14.5 Å². The lowest BCUT2D eigenvalue weighted by atomic mass is 10.1. The topological polar surface area (TPSA) is 56.6 Å². The lowest BCUT2D eigenvalue weighted by Gasteiger charge is -2.36. The molecule has 1 saturated heterocycles. The maximum Gasteiger partial charge on any atom is 0.264 e. The fraction of sp³-hybridized carbons (Fsp3) is 0.217. The predicted octanol–water partition coefficient (Wildman–Crippen LogP) is 3.09. The molecule has 0 saturated carbocycles. The third-order valence-corrected chi connectivity index (χ3v) is 4.64. The molecule has 0 spiro atoms. The van der Waals surface area contributed by atoms with Gasteiger partial charge in [-0.2, -0.15) is 5.26 Å². The smallest absolute Gasteiger partial charge is 0.264 e. The van der Waals surface area contributed by atoms with Crippen molar-refractivity contribution in [1.29, 1.82) is 5.26 Å². The van der Waals surface area contributed by atoms with Gasteiger partial charge in [0.15, 0.2) is 0 Å². The van der Waals surface area contributed by atoms with E-state index in [0.717, 1.165) is 0 Å². The quantitative estimate of drug-likeness (QED) is 0.448. The molecule has 0 N–H and O–H groups in total. The normalized spacial score (nSPS) is 14.1. The highest BCUT2D eigenvalue weighted by molar-refractivity contribution is 6.02. The second-order valence-corrected chi connectivity index (χ2v) is 6.43. The SMILES string of the molecule is C#CCOc1ccccc1/C=C(\C#N)C(=O)N1CCN(c2ccccc2F)CC1. The maximum atomic E-state index is 14.0. The molecule has 29 heavy (non-hydrogen) atoms. The number of hydrogen-bond donors (Lipinski definition) is 0. The van der Waals surface area contributed by atoms with E-state index in [4.69, 9.17) is 11.2 Å². The molecule has 1 aliphatic rings. The average Bonchev–Trinajstić information content (AvgIpc) is 2.76. The Kier molecular flexibility index (Phi) is 6.50. The lowest BCUT2D eigenvalue weighted by Crippen LogP contribution is -2.49. The molecule has 0 unspecified atom stereocenters. The number of carbonyl (C=O) groups is 1. The summed E-state index contributed by atoms with van der Waals surface area (Å²) < 4.78 is 19.5. The van der Waals surface area contributed by atoms with Crippen molar-refractivity contribution in [3.05, 3.63) is 65.5 Å². The fourth-order valence-electron chi connectivity index (χ4n) is 3.18. The largest absolute Gasteiger partial charge is 0.480 e. The number of para-hydroxylation sites is 2. The van der Waals surface area contributed by atoms with Crippen LogP contribution in [0, 0.1) is 29.5 Å². The standard InChI is InChI=1S/C23H20FN3O2/c1-2-15-29-22-10-6-3-7-18(22)16-19(17-25)23(28)27-13-11-26(12-14-27)21-9-5-4-8-20(21)24/h1,3-10,16H,11-15H2/b19-16+. The predicted molar refractivity (Wildman–Crippen MR) is 110 cm³/mol. The van der Waals surface area contributed by atoms with Crippen molar-refractivity contribution in [3.63, 3.8) is 0 Å². The Morgan fingerprint density at radius 1 is 1.14 bits per heavy atom. The van der Waals surface area contributed by atoms with E-state index in [1.54, 1.807) is 47.4 Å². The van der Waals surface area contributed by atoms with E-state index >= 15 is 0 Å². The van der Waals surface area contributed by atoms with Crippen LogP contribution in [0.25, 0.3) is 6.08 Å². The number of anilines is 1. The Hall–Kier alpha value is -3.77. The summed E-state index contributed by atoms with van der Waals surface area (Å²) in [5.74, 6) is 2.26. The Morgan fingerprint density at radius 2 is 1.83 bits per heavy atom. The number of terminal acetylenes is 1. The Morgan fingerprint density at radius 3 is 2.52 bits per heavy atom. The third kappa shape index (κ3) is 4.75. The third-order valence-electron chi connectivity index (χ3n) is 4.64. The number of ether oxygens (including phenoxy) is 1. The van der Waals surface area contributed by atoms with Crippen LogP contribution in [0.4, 0.5) is 10.1 Å². The molecule has 1 aliphatic heterocycles. The summed E-state index contributed by atoms with van der Waals surface area (Å²) >= 11 is 0. The zero-order chi connectivity index (χ0) is 20.6. The monoisotopic (exact) mass is 389 g/mol. The zero-order valence-electron chi connectivity index (χ0n) is 15.8. The van der Waals surface area contributed by atoms with Crippen molar-refractivity contribution in [2.45, 2.75) is 0 Å². The molecule has 146 valence electrons. The minimum atomic E-state index is -0.354. The van der Waals surface area contributed by atoms with Crippen LogP contribution in [-0.2, 0) is 4.79 Å². The Labute approximate surface area is 169 Å². The van der Waals surface area contributed by atoms with Gasteiger partial charge >= 0.3 is 0 Å². The molecule has 6 heteroatoms. The van der Waals surface area contributed by atoms with Crippen LogP contribution in [0.3, 0.4) is 0 Å². The second-order valence-electron chi connectivity index (χ2n) is 6.43.